The van der Waals surface area contributed by atoms with E-state index in [2.05, 4.69) is 17.6 Å². The van der Waals surface area contributed by atoms with Gasteiger partial charge in [0, 0.05) is 24.3 Å². The van der Waals surface area contributed by atoms with E-state index in [1.165, 1.54) is 25.7 Å². The molecule has 116 valence electrons. The average molecular weight is 309 g/mol. The summed E-state index contributed by atoms with van der Waals surface area (Å²) in [5.41, 5.74) is 1.42. The van der Waals surface area contributed by atoms with Gasteiger partial charge in [-0.25, -0.2) is 0 Å². The Balaban J connectivity index is 1.85. The molecule has 1 aromatic carbocycles. The van der Waals surface area contributed by atoms with Gasteiger partial charge in [0.1, 0.15) is 0 Å². The zero-order valence-electron chi connectivity index (χ0n) is 12.9. The van der Waals surface area contributed by atoms with Gasteiger partial charge in [-0.1, -0.05) is 37.8 Å². The molecule has 0 radical (unpaired) electrons. The van der Waals surface area contributed by atoms with Crippen molar-refractivity contribution in [2.75, 3.05) is 18.9 Å². The highest BCUT2D eigenvalue weighted by atomic mass is 35.5. The Hall–Kier alpha value is -1.22. The molecular formula is C17H25ClN2O. The topological polar surface area (TPSA) is 41.1 Å². The van der Waals surface area contributed by atoms with E-state index < -0.39 is 0 Å². The lowest BCUT2D eigenvalue weighted by molar-refractivity contribution is 0.0950. The Labute approximate surface area is 132 Å². The van der Waals surface area contributed by atoms with Crippen LogP contribution in [0.3, 0.4) is 0 Å². The molecule has 0 spiro atoms. The van der Waals surface area contributed by atoms with E-state index >= 15 is 0 Å². The fraction of sp³-hybridized carbons (Fsp3) is 0.588. The summed E-state index contributed by atoms with van der Waals surface area (Å²) in [6.45, 7) is 3.07. The van der Waals surface area contributed by atoms with Crippen molar-refractivity contribution in [1.29, 1.82) is 0 Å². The van der Waals surface area contributed by atoms with Crippen LogP contribution < -0.4 is 10.6 Å². The first-order valence-electron chi connectivity index (χ1n) is 7.85. The standard InChI is InChI=1S/C17H25ClN2O/c1-12-4-3-5-13(10-12)8-9-20-17(21)15-11-14(18)6-7-16(15)19-2/h6-7,11-13,19H,3-5,8-10H2,1-2H3,(H,20,21). The second-order valence-electron chi connectivity index (χ2n) is 6.12. The maximum atomic E-state index is 12.3. The number of carbonyl (C=O) groups excluding carboxylic acids is 1. The van der Waals surface area contributed by atoms with Crippen LogP contribution >= 0.6 is 11.6 Å². The highest BCUT2D eigenvalue weighted by Gasteiger charge is 2.19. The molecule has 0 aromatic heterocycles. The molecule has 1 fully saturated rings. The smallest absolute Gasteiger partial charge is 0.253 e. The van der Waals surface area contributed by atoms with Crippen molar-refractivity contribution < 1.29 is 4.79 Å². The van der Waals surface area contributed by atoms with Crippen molar-refractivity contribution in [3.63, 3.8) is 0 Å². The Morgan fingerprint density at radius 3 is 2.90 bits per heavy atom. The molecule has 2 unspecified atom stereocenters. The lowest BCUT2D eigenvalue weighted by Gasteiger charge is -2.26. The van der Waals surface area contributed by atoms with Crippen LogP contribution in [0, 0.1) is 11.8 Å². The fourth-order valence-corrected chi connectivity index (χ4v) is 3.40. The van der Waals surface area contributed by atoms with E-state index in [1.807, 2.05) is 13.1 Å². The van der Waals surface area contributed by atoms with E-state index in [4.69, 9.17) is 11.6 Å². The lowest BCUT2D eigenvalue weighted by Crippen LogP contribution is -2.27. The lowest BCUT2D eigenvalue weighted by atomic mass is 9.81. The minimum atomic E-state index is -0.0503. The number of nitrogens with one attached hydrogen (secondary N) is 2. The van der Waals surface area contributed by atoms with Gasteiger partial charge >= 0.3 is 0 Å². The van der Waals surface area contributed by atoms with Crippen molar-refractivity contribution in [2.24, 2.45) is 11.8 Å². The Morgan fingerprint density at radius 2 is 2.19 bits per heavy atom. The van der Waals surface area contributed by atoms with Gasteiger partial charge in [0.25, 0.3) is 5.91 Å². The number of anilines is 1. The number of hydrogen-bond donors (Lipinski definition) is 2. The Morgan fingerprint density at radius 1 is 1.38 bits per heavy atom. The third kappa shape index (κ3) is 4.63. The SMILES string of the molecule is CNc1ccc(Cl)cc1C(=O)NCCC1CCCC(C)C1. The Bertz CT molecular complexity index is 490. The first-order valence-corrected chi connectivity index (χ1v) is 8.23. The summed E-state index contributed by atoms with van der Waals surface area (Å²) in [6.07, 6.45) is 6.37. The molecule has 0 bridgehead atoms. The molecule has 2 atom stereocenters. The predicted molar refractivity (Wildman–Crippen MR) is 89.1 cm³/mol. The highest BCUT2D eigenvalue weighted by Crippen LogP contribution is 2.30. The molecule has 0 aliphatic heterocycles. The van der Waals surface area contributed by atoms with Crippen molar-refractivity contribution in [3.05, 3.63) is 28.8 Å². The highest BCUT2D eigenvalue weighted by molar-refractivity contribution is 6.31. The molecule has 1 saturated carbocycles. The van der Waals surface area contributed by atoms with E-state index in [1.54, 1.807) is 12.1 Å². The minimum Gasteiger partial charge on any atom is -0.387 e. The second-order valence-corrected chi connectivity index (χ2v) is 6.56. The summed E-state index contributed by atoms with van der Waals surface area (Å²) in [5, 5.41) is 6.64. The van der Waals surface area contributed by atoms with Crippen LogP contribution in [-0.2, 0) is 0 Å². The van der Waals surface area contributed by atoms with E-state index in [9.17, 15) is 4.79 Å². The summed E-state index contributed by atoms with van der Waals surface area (Å²) in [6, 6.07) is 5.33. The van der Waals surface area contributed by atoms with Crippen molar-refractivity contribution in [3.8, 4) is 0 Å². The third-order valence-electron chi connectivity index (χ3n) is 4.38. The summed E-state index contributed by atoms with van der Waals surface area (Å²) >= 11 is 5.98. The first kappa shape index (κ1) is 16.2. The average Bonchev–Trinajstić information content (AvgIpc) is 2.47. The van der Waals surface area contributed by atoms with Crippen molar-refractivity contribution in [2.45, 2.75) is 39.0 Å². The van der Waals surface area contributed by atoms with Crippen molar-refractivity contribution in [1.82, 2.24) is 5.32 Å². The summed E-state index contributed by atoms with van der Waals surface area (Å²) in [5.74, 6) is 1.55. The fourth-order valence-electron chi connectivity index (χ4n) is 3.23. The number of hydrogen-bond acceptors (Lipinski definition) is 2. The van der Waals surface area contributed by atoms with Gasteiger partial charge in [0.15, 0.2) is 0 Å². The Kier molecular flexibility index (Phi) is 5.92. The zero-order valence-corrected chi connectivity index (χ0v) is 13.7. The molecule has 0 heterocycles. The predicted octanol–water partition coefficient (Wildman–Crippen LogP) is 4.33. The van der Waals surface area contributed by atoms with Gasteiger partial charge < -0.3 is 10.6 Å². The third-order valence-corrected chi connectivity index (χ3v) is 4.61. The van der Waals surface area contributed by atoms with Gasteiger partial charge in [0.05, 0.1) is 5.56 Å². The molecule has 2 N–H and O–H groups in total. The van der Waals surface area contributed by atoms with Crippen LogP contribution in [-0.4, -0.2) is 19.5 Å². The van der Waals surface area contributed by atoms with Crippen LogP contribution in [0.5, 0.6) is 0 Å². The molecule has 4 heteroatoms. The molecule has 1 amide bonds. The largest absolute Gasteiger partial charge is 0.387 e. The second kappa shape index (κ2) is 7.69. The maximum absolute atomic E-state index is 12.3. The van der Waals surface area contributed by atoms with E-state index in [0.717, 1.165) is 30.5 Å². The molecule has 21 heavy (non-hydrogen) atoms. The molecule has 3 nitrogen and oxygen atoms in total. The van der Waals surface area contributed by atoms with E-state index in [-0.39, 0.29) is 5.91 Å². The number of rotatable bonds is 5. The van der Waals surface area contributed by atoms with Crippen LogP contribution in [0.1, 0.15) is 49.4 Å². The minimum absolute atomic E-state index is 0.0503. The van der Waals surface area contributed by atoms with Crippen LogP contribution in [0.2, 0.25) is 5.02 Å². The summed E-state index contributed by atoms with van der Waals surface area (Å²) in [7, 11) is 1.81. The quantitative estimate of drug-likeness (QED) is 0.850. The summed E-state index contributed by atoms with van der Waals surface area (Å²) in [4.78, 5) is 12.3. The van der Waals surface area contributed by atoms with Crippen molar-refractivity contribution >= 4 is 23.2 Å². The number of benzene rings is 1. The first-order chi connectivity index (χ1) is 10.1. The van der Waals surface area contributed by atoms with Crippen LogP contribution in [0.15, 0.2) is 18.2 Å². The number of carbonyl (C=O) groups is 1. The summed E-state index contributed by atoms with van der Waals surface area (Å²) < 4.78 is 0. The van der Waals surface area contributed by atoms with Gasteiger partial charge in [-0.05, 0) is 42.9 Å². The van der Waals surface area contributed by atoms with E-state index in [0.29, 0.717) is 10.6 Å². The molecule has 1 aromatic rings. The molecule has 1 aliphatic rings. The van der Waals surface area contributed by atoms with Crippen LogP contribution in [0.4, 0.5) is 5.69 Å². The van der Waals surface area contributed by atoms with Gasteiger partial charge in [-0.3, -0.25) is 4.79 Å². The van der Waals surface area contributed by atoms with Gasteiger partial charge in [-0.2, -0.15) is 0 Å². The normalized spacial score (nSPS) is 21.9. The number of halogens is 1. The van der Waals surface area contributed by atoms with Crippen LogP contribution in [0.25, 0.3) is 0 Å². The molecule has 2 rings (SSSR count). The molecule has 0 saturated heterocycles. The maximum Gasteiger partial charge on any atom is 0.253 e. The monoisotopic (exact) mass is 308 g/mol. The van der Waals surface area contributed by atoms with Gasteiger partial charge in [-0.15, -0.1) is 0 Å². The molecular weight excluding hydrogens is 284 g/mol. The van der Waals surface area contributed by atoms with Gasteiger partial charge in [0.2, 0.25) is 0 Å². The number of amides is 1. The zero-order chi connectivity index (χ0) is 15.2. The molecule has 1 aliphatic carbocycles.